The standard InChI is InChI=1S/C13H20FNOS/c1-9(2)10(3)17(16)8-12-5-4-11(7-15)6-13(12)14/h4-6,9-10H,7-8,15H2,1-3H3. The van der Waals surface area contributed by atoms with E-state index < -0.39 is 10.8 Å². The predicted molar refractivity (Wildman–Crippen MR) is 70.4 cm³/mol. The van der Waals surface area contributed by atoms with Crippen molar-refractivity contribution in [1.82, 2.24) is 0 Å². The number of halogens is 1. The molecule has 96 valence electrons. The van der Waals surface area contributed by atoms with Crippen LogP contribution in [0.5, 0.6) is 0 Å². The van der Waals surface area contributed by atoms with Crippen LogP contribution in [0, 0.1) is 11.7 Å². The molecule has 0 heterocycles. The van der Waals surface area contributed by atoms with Crippen LogP contribution in [0.25, 0.3) is 0 Å². The van der Waals surface area contributed by atoms with Gasteiger partial charge in [0.05, 0.1) is 5.75 Å². The molecule has 0 saturated heterocycles. The third-order valence-corrected chi connectivity index (χ3v) is 4.97. The van der Waals surface area contributed by atoms with Gasteiger partial charge in [-0.05, 0) is 17.5 Å². The minimum Gasteiger partial charge on any atom is -0.326 e. The van der Waals surface area contributed by atoms with E-state index in [-0.39, 0.29) is 16.8 Å². The van der Waals surface area contributed by atoms with Gasteiger partial charge in [0.1, 0.15) is 5.82 Å². The minimum absolute atomic E-state index is 0.0728. The third-order valence-electron chi connectivity index (χ3n) is 3.00. The molecule has 0 bridgehead atoms. The first kappa shape index (κ1) is 14.3. The van der Waals surface area contributed by atoms with Crippen LogP contribution < -0.4 is 5.73 Å². The first-order valence-electron chi connectivity index (χ1n) is 5.80. The van der Waals surface area contributed by atoms with Crippen LogP contribution in [0.15, 0.2) is 18.2 Å². The zero-order valence-corrected chi connectivity index (χ0v) is 11.4. The van der Waals surface area contributed by atoms with E-state index >= 15 is 0 Å². The summed E-state index contributed by atoms with van der Waals surface area (Å²) in [6.45, 7) is 6.31. The summed E-state index contributed by atoms with van der Waals surface area (Å²) in [5.74, 6) is 0.301. The molecule has 0 radical (unpaired) electrons. The number of hydrogen-bond acceptors (Lipinski definition) is 2. The molecule has 0 aliphatic carbocycles. The maximum absolute atomic E-state index is 13.7. The molecule has 0 fully saturated rings. The number of rotatable bonds is 5. The van der Waals surface area contributed by atoms with Crippen LogP contribution in [0.4, 0.5) is 4.39 Å². The van der Waals surface area contributed by atoms with E-state index in [9.17, 15) is 8.60 Å². The molecule has 1 aromatic rings. The van der Waals surface area contributed by atoms with Gasteiger partial charge in [0, 0.05) is 28.2 Å². The lowest BCUT2D eigenvalue weighted by Crippen LogP contribution is -2.19. The fourth-order valence-corrected chi connectivity index (χ4v) is 2.83. The molecular formula is C13H20FNOS. The molecule has 1 aromatic carbocycles. The molecule has 0 aliphatic rings. The van der Waals surface area contributed by atoms with Gasteiger partial charge < -0.3 is 5.73 Å². The average molecular weight is 257 g/mol. The van der Waals surface area contributed by atoms with Gasteiger partial charge in [-0.3, -0.25) is 4.21 Å². The molecule has 0 spiro atoms. The lowest BCUT2D eigenvalue weighted by Gasteiger charge is -2.15. The average Bonchev–Trinajstić information content (AvgIpc) is 2.30. The highest BCUT2D eigenvalue weighted by molar-refractivity contribution is 7.84. The Morgan fingerprint density at radius 3 is 2.47 bits per heavy atom. The zero-order chi connectivity index (χ0) is 13.0. The van der Waals surface area contributed by atoms with Gasteiger partial charge in [-0.15, -0.1) is 0 Å². The van der Waals surface area contributed by atoms with Crippen molar-refractivity contribution in [2.45, 2.75) is 38.3 Å². The zero-order valence-electron chi connectivity index (χ0n) is 10.6. The Hall–Kier alpha value is -0.740. The minimum atomic E-state index is -1.04. The molecule has 2 atom stereocenters. The van der Waals surface area contributed by atoms with Gasteiger partial charge in [-0.1, -0.05) is 32.9 Å². The van der Waals surface area contributed by atoms with Crippen LogP contribution >= 0.6 is 0 Å². The molecule has 2 N–H and O–H groups in total. The summed E-state index contributed by atoms with van der Waals surface area (Å²) in [5, 5.41) is 0.0728. The van der Waals surface area contributed by atoms with Crippen LogP contribution in [-0.4, -0.2) is 9.46 Å². The summed E-state index contributed by atoms with van der Waals surface area (Å²) in [5.41, 5.74) is 6.70. The van der Waals surface area contributed by atoms with Crippen molar-refractivity contribution in [2.75, 3.05) is 0 Å². The first-order valence-corrected chi connectivity index (χ1v) is 7.18. The molecule has 1 rings (SSSR count). The van der Waals surface area contributed by atoms with Gasteiger partial charge in [0.2, 0.25) is 0 Å². The second-order valence-corrected chi connectivity index (χ2v) is 6.40. The molecule has 4 heteroatoms. The van der Waals surface area contributed by atoms with Gasteiger partial charge in [0.25, 0.3) is 0 Å². The second kappa shape index (κ2) is 6.26. The van der Waals surface area contributed by atoms with Crippen LogP contribution in [0.3, 0.4) is 0 Å². The van der Waals surface area contributed by atoms with Crippen LogP contribution in [0.1, 0.15) is 31.9 Å². The first-order chi connectivity index (χ1) is 7.95. The van der Waals surface area contributed by atoms with Crippen molar-refractivity contribution >= 4 is 10.8 Å². The molecule has 2 nitrogen and oxygen atoms in total. The largest absolute Gasteiger partial charge is 0.326 e. The monoisotopic (exact) mass is 257 g/mol. The summed E-state index contributed by atoms with van der Waals surface area (Å²) in [6.07, 6.45) is 0. The van der Waals surface area contributed by atoms with E-state index in [0.717, 1.165) is 5.56 Å². The Labute approximate surface area is 105 Å². The Morgan fingerprint density at radius 2 is 2.00 bits per heavy atom. The van der Waals surface area contributed by atoms with Gasteiger partial charge in [-0.2, -0.15) is 0 Å². The summed E-state index contributed by atoms with van der Waals surface area (Å²) in [7, 11) is -1.04. The lowest BCUT2D eigenvalue weighted by atomic mass is 10.1. The smallest absolute Gasteiger partial charge is 0.127 e. The molecule has 17 heavy (non-hydrogen) atoms. The van der Waals surface area contributed by atoms with Crippen molar-refractivity contribution in [3.05, 3.63) is 35.1 Å². The molecule has 0 aliphatic heterocycles. The molecular weight excluding hydrogens is 237 g/mol. The summed E-state index contributed by atoms with van der Waals surface area (Å²) in [4.78, 5) is 0. The van der Waals surface area contributed by atoms with Crippen LogP contribution in [-0.2, 0) is 23.1 Å². The van der Waals surface area contributed by atoms with Crippen molar-refractivity contribution in [3.63, 3.8) is 0 Å². The molecule has 0 saturated carbocycles. The number of hydrogen-bond donors (Lipinski definition) is 1. The number of benzene rings is 1. The van der Waals surface area contributed by atoms with Gasteiger partial charge in [-0.25, -0.2) is 4.39 Å². The quantitative estimate of drug-likeness (QED) is 0.881. The van der Waals surface area contributed by atoms with Gasteiger partial charge in [0.15, 0.2) is 0 Å². The van der Waals surface area contributed by atoms with E-state index in [4.69, 9.17) is 5.73 Å². The fraction of sp³-hybridized carbons (Fsp3) is 0.538. The second-order valence-electron chi connectivity index (χ2n) is 4.60. The summed E-state index contributed by atoms with van der Waals surface area (Å²) >= 11 is 0. The van der Waals surface area contributed by atoms with Crippen LogP contribution in [0.2, 0.25) is 0 Å². The highest BCUT2D eigenvalue weighted by Gasteiger charge is 2.16. The Balaban J connectivity index is 2.78. The molecule has 2 unspecified atom stereocenters. The van der Waals surface area contributed by atoms with Crippen molar-refractivity contribution in [2.24, 2.45) is 11.7 Å². The molecule has 0 aromatic heterocycles. The maximum Gasteiger partial charge on any atom is 0.127 e. The van der Waals surface area contributed by atoms with E-state index in [0.29, 0.717) is 18.0 Å². The van der Waals surface area contributed by atoms with Gasteiger partial charge >= 0.3 is 0 Å². The SMILES string of the molecule is CC(C)C(C)S(=O)Cc1ccc(CN)cc1F. The van der Waals surface area contributed by atoms with E-state index in [2.05, 4.69) is 0 Å². The number of nitrogens with two attached hydrogens (primary N) is 1. The highest BCUT2D eigenvalue weighted by atomic mass is 32.2. The normalized spacial score (nSPS) is 14.9. The predicted octanol–water partition coefficient (Wildman–Crippen LogP) is 2.58. The summed E-state index contributed by atoms with van der Waals surface area (Å²) in [6, 6.07) is 4.89. The third kappa shape index (κ3) is 3.89. The summed E-state index contributed by atoms with van der Waals surface area (Å²) < 4.78 is 25.7. The Kier molecular flexibility index (Phi) is 5.28. The van der Waals surface area contributed by atoms with Crippen molar-refractivity contribution in [1.29, 1.82) is 0 Å². The highest BCUT2D eigenvalue weighted by Crippen LogP contribution is 2.17. The van der Waals surface area contributed by atoms with Crippen molar-refractivity contribution in [3.8, 4) is 0 Å². The Bertz CT molecular complexity index is 406. The lowest BCUT2D eigenvalue weighted by molar-refractivity contribution is 0.597. The van der Waals surface area contributed by atoms with Crippen molar-refractivity contribution < 1.29 is 8.60 Å². The Morgan fingerprint density at radius 1 is 1.35 bits per heavy atom. The van der Waals surface area contributed by atoms with E-state index in [1.165, 1.54) is 6.07 Å². The fourth-order valence-electron chi connectivity index (χ4n) is 1.42. The topological polar surface area (TPSA) is 43.1 Å². The van der Waals surface area contributed by atoms with E-state index in [1.807, 2.05) is 20.8 Å². The van der Waals surface area contributed by atoms with E-state index in [1.54, 1.807) is 12.1 Å². The maximum atomic E-state index is 13.7. The molecule has 0 amide bonds.